The van der Waals surface area contributed by atoms with E-state index in [-0.39, 0.29) is 10.7 Å². The van der Waals surface area contributed by atoms with Gasteiger partial charge < -0.3 is 15.5 Å². The highest BCUT2D eigenvalue weighted by Gasteiger charge is 2.33. The van der Waals surface area contributed by atoms with E-state index < -0.39 is 11.7 Å². The fourth-order valence-corrected chi connectivity index (χ4v) is 3.74. The van der Waals surface area contributed by atoms with Gasteiger partial charge in [-0.05, 0) is 62.6 Å². The summed E-state index contributed by atoms with van der Waals surface area (Å²) in [4.78, 5) is 2.52. The van der Waals surface area contributed by atoms with Gasteiger partial charge in [0.05, 0.1) is 10.6 Å². The molecule has 0 aliphatic carbocycles. The van der Waals surface area contributed by atoms with Gasteiger partial charge in [-0.25, -0.2) is 0 Å². The lowest BCUT2D eigenvalue weighted by Gasteiger charge is -2.35. The van der Waals surface area contributed by atoms with E-state index in [4.69, 9.17) is 23.8 Å². The molecule has 1 aromatic rings. The second-order valence-corrected chi connectivity index (χ2v) is 7.34. The SMILES string of the molecule is CC[C@@H]1CCCCN1CCCNC(=S)Nc1ccc(Cl)c(C(F)(F)F)c1. The highest BCUT2D eigenvalue weighted by atomic mass is 35.5. The van der Waals surface area contributed by atoms with Crippen LogP contribution in [0.1, 0.15) is 44.6 Å². The average molecular weight is 408 g/mol. The van der Waals surface area contributed by atoms with Crippen molar-refractivity contribution in [1.82, 2.24) is 10.2 Å². The van der Waals surface area contributed by atoms with E-state index in [0.717, 1.165) is 25.6 Å². The number of benzene rings is 1. The molecule has 2 N–H and O–H groups in total. The molecule has 1 atom stereocenters. The van der Waals surface area contributed by atoms with Crippen molar-refractivity contribution in [2.75, 3.05) is 25.0 Å². The van der Waals surface area contributed by atoms with E-state index in [1.54, 1.807) is 0 Å². The standard InChI is InChI=1S/C18H25ClF3N3S/c1-2-14-6-3-4-10-25(14)11-5-9-23-17(26)24-13-7-8-16(19)15(12-13)18(20,21)22/h7-8,12,14H,2-6,9-11H2,1H3,(H2,23,24,26)/t14-/m1/s1. The molecule has 1 aliphatic heterocycles. The number of hydrogen-bond acceptors (Lipinski definition) is 2. The number of hydrogen-bond donors (Lipinski definition) is 2. The number of rotatable bonds is 6. The zero-order valence-corrected chi connectivity index (χ0v) is 16.4. The number of anilines is 1. The third-order valence-corrected chi connectivity index (χ3v) is 5.23. The topological polar surface area (TPSA) is 27.3 Å². The van der Waals surface area contributed by atoms with Gasteiger partial charge in [-0.3, -0.25) is 0 Å². The fraction of sp³-hybridized carbons (Fsp3) is 0.611. The summed E-state index contributed by atoms with van der Waals surface area (Å²) >= 11 is 10.8. The number of halogens is 4. The molecule has 2 rings (SSSR count). The van der Waals surface area contributed by atoms with Crippen LogP contribution in [0.2, 0.25) is 5.02 Å². The van der Waals surface area contributed by atoms with Crippen molar-refractivity contribution in [2.45, 2.75) is 51.2 Å². The summed E-state index contributed by atoms with van der Waals surface area (Å²) in [7, 11) is 0. The molecular formula is C18H25ClF3N3S. The molecule has 0 radical (unpaired) electrons. The molecule has 0 unspecified atom stereocenters. The lowest BCUT2D eigenvalue weighted by Crippen LogP contribution is -2.40. The number of thiocarbonyl (C=S) groups is 1. The third kappa shape index (κ3) is 6.28. The van der Waals surface area contributed by atoms with Crippen molar-refractivity contribution >= 4 is 34.6 Å². The van der Waals surface area contributed by atoms with Crippen LogP contribution in [0.3, 0.4) is 0 Å². The number of nitrogens with zero attached hydrogens (tertiary/aromatic N) is 1. The molecule has 0 spiro atoms. The van der Waals surface area contributed by atoms with Crippen LogP contribution in [0.4, 0.5) is 18.9 Å². The monoisotopic (exact) mass is 407 g/mol. The lowest BCUT2D eigenvalue weighted by molar-refractivity contribution is -0.137. The first-order valence-electron chi connectivity index (χ1n) is 8.97. The highest BCUT2D eigenvalue weighted by Crippen LogP contribution is 2.36. The molecule has 146 valence electrons. The Morgan fingerprint density at radius 3 is 2.81 bits per heavy atom. The molecule has 26 heavy (non-hydrogen) atoms. The molecular weight excluding hydrogens is 383 g/mol. The first kappa shape index (κ1) is 21.3. The van der Waals surface area contributed by atoms with Crippen molar-refractivity contribution in [3.05, 3.63) is 28.8 Å². The van der Waals surface area contributed by atoms with Gasteiger partial charge in [0, 0.05) is 24.8 Å². The largest absolute Gasteiger partial charge is 0.417 e. The van der Waals surface area contributed by atoms with Crippen molar-refractivity contribution in [1.29, 1.82) is 0 Å². The van der Waals surface area contributed by atoms with Crippen molar-refractivity contribution < 1.29 is 13.2 Å². The lowest BCUT2D eigenvalue weighted by atomic mass is 10.00. The van der Waals surface area contributed by atoms with Crippen LogP contribution in [-0.4, -0.2) is 35.7 Å². The molecule has 0 bridgehead atoms. The van der Waals surface area contributed by atoms with E-state index in [1.165, 1.54) is 37.8 Å². The Balaban J connectivity index is 1.77. The maximum absolute atomic E-state index is 12.9. The molecule has 1 aliphatic rings. The smallest absolute Gasteiger partial charge is 0.362 e. The van der Waals surface area contributed by atoms with Gasteiger partial charge in [0.1, 0.15) is 0 Å². The average Bonchev–Trinajstić information content (AvgIpc) is 2.59. The number of nitrogens with one attached hydrogen (secondary N) is 2. The molecule has 1 saturated heterocycles. The number of likely N-dealkylation sites (tertiary alicyclic amines) is 1. The van der Waals surface area contributed by atoms with Gasteiger partial charge in [0.25, 0.3) is 0 Å². The Hall–Kier alpha value is -1.05. The molecule has 0 saturated carbocycles. The van der Waals surface area contributed by atoms with Gasteiger partial charge >= 0.3 is 6.18 Å². The minimum atomic E-state index is -4.49. The van der Waals surface area contributed by atoms with E-state index in [2.05, 4.69) is 22.5 Å². The number of alkyl halides is 3. The zero-order chi connectivity index (χ0) is 19.2. The van der Waals surface area contributed by atoms with Gasteiger partial charge in [-0.1, -0.05) is 24.9 Å². The summed E-state index contributed by atoms with van der Waals surface area (Å²) < 4.78 is 38.7. The van der Waals surface area contributed by atoms with Crippen molar-refractivity contribution in [3.63, 3.8) is 0 Å². The minimum absolute atomic E-state index is 0.265. The maximum Gasteiger partial charge on any atom is 0.417 e. The summed E-state index contributed by atoms with van der Waals surface area (Å²) in [5.74, 6) is 0. The predicted octanol–water partition coefficient (Wildman–Crippen LogP) is 5.30. The molecule has 8 heteroatoms. The zero-order valence-electron chi connectivity index (χ0n) is 14.8. The van der Waals surface area contributed by atoms with Crippen LogP contribution in [0.25, 0.3) is 0 Å². The first-order valence-corrected chi connectivity index (χ1v) is 9.75. The Morgan fingerprint density at radius 1 is 1.35 bits per heavy atom. The predicted molar refractivity (Wildman–Crippen MR) is 105 cm³/mol. The first-order chi connectivity index (χ1) is 12.3. The Morgan fingerprint density at radius 2 is 2.12 bits per heavy atom. The van der Waals surface area contributed by atoms with Gasteiger partial charge in [0.15, 0.2) is 5.11 Å². The quantitative estimate of drug-likeness (QED) is 0.494. The Kier molecular flexibility index (Phi) is 7.98. The van der Waals surface area contributed by atoms with Crippen LogP contribution in [-0.2, 0) is 6.18 Å². The van der Waals surface area contributed by atoms with Crippen LogP contribution < -0.4 is 10.6 Å². The van der Waals surface area contributed by atoms with Gasteiger partial charge in [0.2, 0.25) is 0 Å². The van der Waals surface area contributed by atoms with Crippen molar-refractivity contribution in [2.24, 2.45) is 0 Å². The van der Waals surface area contributed by atoms with Crippen LogP contribution >= 0.6 is 23.8 Å². The second kappa shape index (κ2) is 9.76. The summed E-state index contributed by atoms with van der Waals surface area (Å²) in [5.41, 5.74) is -0.607. The van der Waals surface area contributed by atoms with Crippen molar-refractivity contribution in [3.8, 4) is 0 Å². The highest BCUT2D eigenvalue weighted by molar-refractivity contribution is 7.80. The molecule has 1 fully saturated rings. The van der Waals surface area contributed by atoms with Crippen LogP contribution in [0.15, 0.2) is 18.2 Å². The molecule has 0 aromatic heterocycles. The summed E-state index contributed by atoms with van der Waals surface area (Å²) in [6.45, 7) is 5.06. The second-order valence-electron chi connectivity index (χ2n) is 6.52. The Labute approximate surface area is 163 Å². The maximum atomic E-state index is 12.9. The Bertz CT molecular complexity index is 610. The molecule has 0 amide bonds. The molecule has 3 nitrogen and oxygen atoms in total. The minimum Gasteiger partial charge on any atom is -0.362 e. The van der Waals surface area contributed by atoms with Crippen LogP contribution in [0.5, 0.6) is 0 Å². The van der Waals surface area contributed by atoms with Gasteiger partial charge in [-0.15, -0.1) is 0 Å². The number of piperidine rings is 1. The van der Waals surface area contributed by atoms with E-state index in [1.807, 2.05) is 0 Å². The fourth-order valence-electron chi connectivity index (χ4n) is 3.30. The normalized spacial score (nSPS) is 18.6. The van der Waals surface area contributed by atoms with Gasteiger partial charge in [-0.2, -0.15) is 13.2 Å². The van der Waals surface area contributed by atoms with E-state index in [9.17, 15) is 13.2 Å². The van der Waals surface area contributed by atoms with E-state index in [0.29, 0.717) is 17.7 Å². The third-order valence-electron chi connectivity index (χ3n) is 4.66. The summed E-state index contributed by atoms with van der Waals surface area (Å²) in [6.07, 6.45) is 1.44. The summed E-state index contributed by atoms with van der Waals surface area (Å²) in [6, 6.07) is 4.33. The summed E-state index contributed by atoms with van der Waals surface area (Å²) in [5, 5.41) is 5.83. The van der Waals surface area contributed by atoms with E-state index >= 15 is 0 Å². The molecule has 1 heterocycles. The molecule has 1 aromatic carbocycles. The van der Waals surface area contributed by atoms with Crippen LogP contribution in [0, 0.1) is 0 Å².